The smallest absolute Gasteiger partial charge is 0.244 e. The molecule has 0 bridgehead atoms. The fraction of sp³-hybridized carbons (Fsp3) is 0.333. The van der Waals surface area contributed by atoms with Crippen LogP contribution in [0.15, 0.2) is 30.5 Å². The number of thiazole rings is 1. The molecule has 24 heavy (non-hydrogen) atoms. The highest BCUT2D eigenvalue weighted by atomic mass is 32.1. The zero-order chi connectivity index (χ0) is 17.4. The summed E-state index contributed by atoms with van der Waals surface area (Å²) in [6.45, 7) is 7.42. The van der Waals surface area contributed by atoms with Crippen LogP contribution in [0, 0.1) is 6.92 Å². The number of amides is 1. The molecule has 0 saturated carbocycles. The number of ether oxygens (including phenoxy) is 2. The number of hydrogen-bond acceptors (Lipinski definition) is 5. The summed E-state index contributed by atoms with van der Waals surface area (Å²) in [4.78, 5) is 17.1. The quantitative estimate of drug-likeness (QED) is 0.742. The van der Waals surface area contributed by atoms with Crippen LogP contribution in [-0.4, -0.2) is 24.1 Å². The lowest BCUT2D eigenvalue weighted by Gasteiger charge is -2.11. The van der Waals surface area contributed by atoms with Gasteiger partial charge >= 0.3 is 0 Å². The Hall–Kier alpha value is -2.34. The van der Waals surface area contributed by atoms with Crippen LogP contribution in [0.25, 0.3) is 6.08 Å². The molecular formula is C18H22N2O3S. The van der Waals surface area contributed by atoms with E-state index in [1.807, 2.05) is 39.0 Å². The van der Waals surface area contributed by atoms with Gasteiger partial charge in [0.15, 0.2) is 11.5 Å². The Morgan fingerprint density at radius 3 is 2.67 bits per heavy atom. The fourth-order valence-corrected chi connectivity index (χ4v) is 2.80. The van der Waals surface area contributed by atoms with E-state index in [0.29, 0.717) is 31.3 Å². The molecule has 1 amide bonds. The summed E-state index contributed by atoms with van der Waals surface area (Å²) in [6.07, 6.45) is 5.05. The number of aromatic nitrogens is 1. The molecule has 0 aliphatic carbocycles. The summed E-state index contributed by atoms with van der Waals surface area (Å²) in [5, 5.41) is 3.84. The number of carbonyl (C=O) groups is 1. The van der Waals surface area contributed by atoms with E-state index in [0.717, 1.165) is 15.4 Å². The number of benzene rings is 1. The van der Waals surface area contributed by atoms with Crippen molar-refractivity contribution in [1.82, 2.24) is 10.3 Å². The van der Waals surface area contributed by atoms with Gasteiger partial charge in [0.25, 0.3) is 0 Å². The molecule has 0 aliphatic heterocycles. The van der Waals surface area contributed by atoms with E-state index < -0.39 is 0 Å². The summed E-state index contributed by atoms with van der Waals surface area (Å²) in [6, 6.07) is 5.61. The highest BCUT2D eigenvalue weighted by Crippen LogP contribution is 2.28. The van der Waals surface area contributed by atoms with E-state index in [1.54, 1.807) is 23.6 Å². The number of carbonyl (C=O) groups excluding carboxylic acids is 1. The third kappa shape index (κ3) is 5.38. The first-order valence-electron chi connectivity index (χ1n) is 7.89. The Kier molecular flexibility index (Phi) is 6.81. The third-order valence-corrected chi connectivity index (χ3v) is 4.01. The zero-order valence-electron chi connectivity index (χ0n) is 14.2. The van der Waals surface area contributed by atoms with Gasteiger partial charge in [-0.05, 0) is 44.5 Å². The minimum Gasteiger partial charge on any atom is -0.490 e. The van der Waals surface area contributed by atoms with Gasteiger partial charge in [0, 0.05) is 17.2 Å². The average Bonchev–Trinajstić information content (AvgIpc) is 2.99. The molecule has 0 radical (unpaired) electrons. The van der Waals surface area contributed by atoms with Gasteiger partial charge in [0.05, 0.1) is 24.8 Å². The van der Waals surface area contributed by atoms with Crippen LogP contribution in [0.2, 0.25) is 0 Å². The van der Waals surface area contributed by atoms with Gasteiger partial charge in [-0.1, -0.05) is 6.07 Å². The SMILES string of the molecule is CCOc1ccc(C=CC(=O)NCc2cnc(C)s2)cc1OCC. The summed E-state index contributed by atoms with van der Waals surface area (Å²) >= 11 is 1.58. The molecule has 0 atom stereocenters. The van der Waals surface area contributed by atoms with Gasteiger partial charge in [0.2, 0.25) is 5.91 Å². The molecule has 0 saturated heterocycles. The first kappa shape index (κ1) is 18.0. The molecule has 2 aromatic rings. The Bertz CT molecular complexity index is 710. The molecule has 2 rings (SSSR count). The Balaban J connectivity index is 1.96. The van der Waals surface area contributed by atoms with Crippen molar-refractivity contribution < 1.29 is 14.3 Å². The molecule has 0 fully saturated rings. The van der Waals surface area contributed by atoms with Crippen LogP contribution in [0.4, 0.5) is 0 Å². The predicted octanol–water partition coefficient (Wildman–Crippen LogP) is 3.58. The number of aryl methyl sites for hydroxylation is 1. The van der Waals surface area contributed by atoms with Gasteiger partial charge in [-0.15, -0.1) is 11.3 Å². The summed E-state index contributed by atoms with van der Waals surface area (Å²) < 4.78 is 11.1. The van der Waals surface area contributed by atoms with E-state index in [4.69, 9.17) is 9.47 Å². The van der Waals surface area contributed by atoms with Crippen molar-refractivity contribution in [3.8, 4) is 11.5 Å². The van der Waals surface area contributed by atoms with Crippen LogP contribution in [-0.2, 0) is 11.3 Å². The lowest BCUT2D eigenvalue weighted by atomic mass is 10.2. The molecule has 0 unspecified atom stereocenters. The van der Waals surface area contributed by atoms with E-state index >= 15 is 0 Å². The number of rotatable bonds is 8. The maximum absolute atomic E-state index is 11.9. The van der Waals surface area contributed by atoms with Gasteiger partial charge in [0.1, 0.15) is 0 Å². The maximum atomic E-state index is 11.9. The van der Waals surface area contributed by atoms with Crippen molar-refractivity contribution in [3.05, 3.63) is 45.9 Å². The first-order chi connectivity index (χ1) is 11.6. The molecule has 1 aromatic carbocycles. The monoisotopic (exact) mass is 346 g/mol. The van der Waals surface area contributed by atoms with Crippen molar-refractivity contribution in [2.24, 2.45) is 0 Å². The molecule has 6 heteroatoms. The van der Waals surface area contributed by atoms with Crippen molar-refractivity contribution in [2.75, 3.05) is 13.2 Å². The van der Waals surface area contributed by atoms with Gasteiger partial charge in [-0.2, -0.15) is 0 Å². The second-order valence-corrected chi connectivity index (χ2v) is 6.29. The minimum absolute atomic E-state index is 0.145. The lowest BCUT2D eigenvalue weighted by Crippen LogP contribution is -2.19. The first-order valence-corrected chi connectivity index (χ1v) is 8.70. The summed E-state index contributed by atoms with van der Waals surface area (Å²) in [5.74, 6) is 1.25. The molecule has 0 spiro atoms. The summed E-state index contributed by atoms with van der Waals surface area (Å²) in [5.41, 5.74) is 0.880. The molecule has 1 aromatic heterocycles. The molecule has 0 aliphatic rings. The molecule has 128 valence electrons. The van der Waals surface area contributed by atoms with E-state index in [1.165, 1.54) is 6.08 Å². The van der Waals surface area contributed by atoms with E-state index in [2.05, 4.69) is 10.3 Å². The van der Waals surface area contributed by atoms with E-state index in [-0.39, 0.29) is 5.91 Å². The van der Waals surface area contributed by atoms with Crippen molar-refractivity contribution in [1.29, 1.82) is 0 Å². The average molecular weight is 346 g/mol. The fourth-order valence-electron chi connectivity index (χ4n) is 2.06. The topological polar surface area (TPSA) is 60.5 Å². The van der Waals surface area contributed by atoms with Crippen molar-refractivity contribution >= 4 is 23.3 Å². The van der Waals surface area contributed by atoms with Gasteiger partial charge in [-0.25, -0.2) is 4.98 Å². The number of hydrogen-bond donors (Lipinski definition) is 1. The standard InChI is InChI=1S/C18H22N2O3S/c1-4-22-16-8-6-14(10-17(16)23-5-2)7-9-18(21)20-12-15-11-19-13(3)24-15/h6-11H,4-5,12H2,1-3H3,(H,20,21). The lowest BCUT2D eigenvalue weighted by molar-refractivity contribution is -0.116. The highest BCUT2D eigenvalue weighted by molar-refractivity contribution is 7.11. The Labute approximate surface area is 146 Å². The summed E-state index contributed by atoms with van der Waals surface area (Å²) in [7, 11) is 0. The van der Waals surface area contributed by atoms with Crippen molar-refractivity contribution in [2.45, 2.75) is 27.3 Å². The largest absolute Gasteiger partial charge is 0.490 e. The van der Waals surface area contributed by atoms with Crippen LogP contribution < -0.4 is 14.8 Å². The van der Waals surface area contributed by atoms with Crippen molar-refractivity contribution in [3.63, 3.8) is 0 Å². The maximum Gasteiger partial charge on any atom is 0.244 e. The predicted molar refractivity (Wildman–Crippen MR) is 96.5 cm³/mol. The second kappa shape index (κ2) is 9.08. The molecular weight excluding hydrogens is 324 g/mol. The minimum atomic E-state index is -0.145. The van der Waals surface area contributed by atoms with Gasteiger partial charge in [-0.3, -0.25) is 4.79 Å². The van der Waals surface area contributed by atoms with Crippen LogP contribution >= 0.6 is 11.3 Å². The third-order valence-electron chi connectivity index (χ3n) is 3.10. The molecule has 5 nitrogen and oxygen atoms in total. The van der Waals surface area contributed by atoms with E-state index in [9.17, 15) is 4.79 Å². The number of nitrogens with one attached hydrogen (secondary N) is 1. The van der Waals surface area contributed by atoms with Crippen LogP contribution in [0.5, 0.6) is 11.5 Å². The highest BCUT2D eigenvalue weighted by Gasteiger charge is 2.05. The van der Waals surface area contributed by atoms with Crippen LogP contribution in [0.1, 0.15) is 29.3 Å². The Morgan fingerprint density at radius 1 is 1.25 bits per heavy atom. The van der Waals surface area contributed by atoms with Crippen LogP contribution in [0.3, 0.4) is 0 Å². The number of nitrogens with zero attached hydrogens (tertiary/aromatic N) is 1. The zero-order valence-corrected chi connectivity index (χ0v) is 15.0. The van der Waals surface area contributed by atoms with Gasteiger partial charge < -0.3 is 14.8 Å². The molecule has 1 N–H and O–H groups in total. The second-order valence-electron chi connectivity index (χ2n) is 4.97. The molecule has 1 heterocycles. The Morgan fingerprint density at radius 2 is 2.00 bits per heavy atom. The normalized spacial score (nSPS) is 10.8.